The molecule has 0 amide bonds. The van der Waals surface area contributed by atoms with Gasteiger partial charge in [-0.2, -0.15) is 0 Å². The normalized spacial score (nSPS) is 13.6. The molecule has 2 N–H and O–H groups in total. The van der Waals surface area contributed by atoms with E-state index in [-0.39, 0.29) is 6.54 Å². The van der Waals surface area contributed by atoms with Crippen LogP contribution in [0, 0.1) is 6.92 Å². The number of nitrogens with one attached hydrogen (secondary N) is 1. The third kappa shape index (κ3) is 3.75. The van der Waals surface area contributed by atoms with E-state index in [1.54, 1.807) is 12.1 Å². The van der Waals surface area contributed by atoms with Crippen molar-refractivity contribution >= 4 is 23.3 Å². The van der Waals surface area contributed by atoms with Gasteiger partial charge in [-0.3, -0.25) is 0 Å². The van der Waals surface area contributed by atoms with Crippen LogP contribution >= 0.6 is 11.6 Å². The smallest absolute Gasteiger partial charge is 0.339 e. The molecule has 1 unspecified atom stereocenters. The summed E-state index contributed by atoms with van der Waals surface area (Å²) >= 11 is 6.00. The van der Waals surface area contributed by atoms with Gasteiger partial charge in [-0.1, -0.05) is 11.6 Å². The maximum absolute atomic E-state index is 11.4. The fraction of sp³-hybridized carbons (Fsp3) is 0.462. The van der Waals surface area contributed by atoms with Crippen LogP contribution in [0.5, 0.6) is 5.75 Å². The number of aryl methyl sites for hydroxylation is 1. The number of hydrogen-bond donors (Lipinski definition) is 2. The quantitative estimate of drug-likeness (QED) is 0.811. The molecular weight excluding hydrogens is 270 g/mol. The molecule has 0 fully saturated rings. The summed E-state index contributed by atoms with van der Waals surface area (Å²) in [5, 5.41) is 13.5. The largest absolute Gasteiger partial charge is 0.495 e. The molecule has 19 heavy (non-hydrogen) atoms. The van der Waals surface area contributed by atoms with Crippen molar-refractivity contribution in [3.05, 3.63) is 22.7 Å². The number of carbonyl (C=O) groups is 1. The standard InChI is InChI=1S/C13H18ClNO4/c1-8-5-10(11(18-3)6-9(8)14)15-7-13(2,17)12(16)19-4/h5-6,15,17H,7H2,1-4H3. The van der Waals surface area contributed by atoms with Gasteiger partial charge in [-0.25, -0.2) is 4.79 Å². The van der Waals surface area contributed by atoms with Gasteiger partial charge in [0.05, 0.1) is 26.5 Å². The van der Waals surface area contributed by atoms with Crippen LogP contribution in [0.25, 0.3) is 0 Å². The van der Waals surface area contributed by atoms with Crippen molar-refractivity contribution in [3.8, 4) is 5.75 Å². The molecule has 0 aromatic heterocycles. The van der Waals surface area contributed by atoms with Crippen LogP contribution < -0.4 is 10.1 Å². The third-order valence-electron chi connectivity index (χ3n) is 2.73. The van der Waals surface area contributed by atoms with Gasteiger partial charge in [0.1, 0.15) is 5.75 Å². The molecule has 106 valence electrons. The average molecular weight is 288 g/mol. The Balaban J connectivity index is 2.89. The van der Waals surface area contributed by atoms with Crippen molar-refractivity contribution in [1.29, 1.82) is 0 Å². The highest BCUT2D eigenvalue weighted by Crippen LogP contribution is 2.31. The molecule has 0 spiro atoms. The third-order valence-corrected chi connectivity index (χ3v) is 3.14. The molecule has 0 aliphatic carbocycles. The second kappa shape index (κ2) is 6.12. The molecule has 0 saturated carbocycles. The second-order valence-electron chi connectivity index (χ2n) is 4.42. The molecule has 0 aliphatic heterocycles. The van der Waals surface area contributed by atoms with Crippen molar-refractivity contribution in [2.45, 2.75) is 19.4 Å². The monoisotopic (exact) mass is 287 g/mol. The molecule has 1 rings (SSSR count). The predicted molar refractivity (Wildman–Crippen MR) is 73.9 cm³/mol. The summed E-state index contributed by atoms with van der Waals surface area (Å²) in [6, 6.07) is 3.46. The van der Waals surface area contributed by atoms with Gasteiger partial charge in [0.25, 0.3) is 0 Å². The Morgan fingerprint density at radius 2 is 2.11 bits per heavy atom. The topological polar surface area (TPSA) is 67.8 Å². The fourth-order valence-corrected chi connectivity index (χ4v) is 1.68. The summed E-state index contributed by atoms with van der Waals surface area (Å²) in [5.41, 5.74) is -0.107. The summed E-state index contributed by atoms with van der Waals surface area (Å²) in [7, 11) is 2.74. The molecule has 1 aromatic carbocycles. The Labute approximate surface area is 117 Å². The van der Waals surface area contributed by atoms with Gasteiger partial charge in [0.2, 0.25) is 0 Å². The zero-order chi connectivity index (χ0) is 14.6. The van der Waals surface area contributed by atoms with Gasteiger partial charge in [0.15, 0.2) is 5.60 Å². The van der Waals surface area contributed by atoms with Crippen LogP contribution in [-0.4, -0.2) is 37.4 Å². The minimum Gasteiger partial charge on any atom is -0.495 e. The van der Waals surface area contributed by atoms with E-state index < -0.39 is 11.6 Å². The lowest BCUT2D eigenvalue weighted by atomic mass is 10.1. The predicted octanol–water partition coefficient (Wildman–Crippen LogP) is 1.99. The minimum absolute atomic E-state index is 0.00287. The van der Waals surface area contributed by atoms with Crippen molar-refractivity contribution in [1.82, 2.24) is 0 Å². The zero-order valence-electron chi connectivity index (χ0n) is 11.4. The molecule has 0 aliphatic rings. The van der Waals surface area contributed by atoms with Crippen LogP contribution in [0.3, 0.4) is 0 Å². The number of benzene rings is 1. The Bertz CT molecular complexity index is 474. The number of rotatable bonds is 5. The van der Waals surface area contributed by atoms with Gasteiger partial charge in [-0.15, -0.1) is 0 Å². The summed E-state index contributed by atoms with van der Waals surface area (Å²) in [4.78, 5) is 11.4. The van der Waals surface area contributed by atoms with Gasteiger partial charge >= 0.3 is 5.97 Å². The summed E-state index contributed by atoms with van der Waals surface area (Å²) in [6.45, 7) is 3.23. The first-order valence-corrected chi connectivity index (χ1v) is 6.08. The van der Waals surface area contributed by atoms with E-state index in [4.69, 9.17) is 16.3 Å². The van der Waals surface area contributed by atoms with E-state index >= 15 is 0 Å². The summed E-state index contributed by atoms with van der Waals surface area (Å²) in [6.07, 6.45) is 0. The first-order chi connectivity index (χ1) is 8.81. The maximum atomic E-state index is 11.4. The number of ether oxygens (including phenoxy) is 2. The number of carbonyl (C=O) groups excluding carboxylic acids is 1. The van der Waals surface area contributed by atoms with Gasteiger partial charge in [-0.05, 0) is 25.5 Å². The number of anilines is 1. The summed E-state index contributed by atoms with van der Waals surface area (Å²) < 4.78 is 9.71. The molecule has 6 heteroatoms. The van der Waals surface area contributed by atoms with Crippen molar-refractivity contribution < 1.29 is 19.4 Å². The van der Waals surface area contributed by atoms with E-state index in [0.717, 1.165) is 5.56 Å². The molecular formula is C13H18ClNO4. The van der Waals surface area contributed by atoms with Crippen LogP contribution in [0.1, 0.15) is 12.5 Å². The molecule has 0 saturated heterocycles. The van der Waals surface area contributed by atoms with Crippen molar-refractivity contribution in [2.24, 2.45) is 0 Å². The minimum atomic E-state index is -1.62. The number of aliphatic hydroxyl groups is 1. The first-order valence-electron chi connectivity index (χ1n) is 5.70. The highest BCUT2D eigenvalue weighted by Gasteiger charge is 2.31. The molecule has 0 bridgehead atoms. The number of methoxy groups -OCH3 is 2. The number of esters is 1. The number of hydrogen-bond acceptors (Lipinski definition) is 5. The molecule has 5 nitrogen and oxygen atoms in total. The van der Waals surface area contributed by atoms with Crippen LogP contribution in [0.4, 0.5) is 5.69 Å². The van der Waals surface area contributed by atoms with Gasteiger partial charge in [0, 0.05) is 11.1 Å². The highest BCUT2D eigenvalue weighted by atomic mass is 35.5. The highest BCUT2D eigenvalue weighted by molar-refractivity contribution is 6.31. The molecule has 0 heterocycles. The number of halogens is 1. The Hall–Kier alpha value is -1.46. The average Bonchev–Trinajstić information content (AvgIpc) is 2.38. The van der Waals surface area contributed by atoms with Crippen LogP contribution in [0.2, 0.25) is 5.02 Å². The second-order valence-corrected chi connectivity index (χ2v) is 4.83. The van der Waals surface area contributed by atoms with Crippen molar-refractivity contribution in [3.63, 3.8) is 0 Å². The SMILES string of the molecule is COC(=O)C(C)(O)CNc1cc(C)c(Cl)cc1OC. The zero-order valence-corrected chi connectivity index (χ0v) is 12.2. The lowest BCUT2D eigenvalue weighted by Gasteiger charge is -2.22. The Morgan fingerprint density at radius 1 is 1.47 bits per heavy atom. The fourth-order valence-electron chi connectivity index (χ4n) is 1.53. The first kappa shape index (κ1) is 15.6. The van der Waals surface area contributed by atoms with Crippen LogP contribution in [-0.2, 0) is 9.53 Å². The van der Waals surface area contributed by atoms with Crippen LogP contribution in [0.15, 0.2) is 12.1 Å². The molecule has 1 atom stereocenters. The molecule has 0 radical (unpaired) electrons. The lowest BCUT2D eigenvalue weighted by Crippen LogP contribution is -2.42. The van der Waals surface area contributed by atoms with E-state index in [1.165, 1.54) is 21.1 Å². The van der Waals surface area contributed by atoms with Crippen molar-refractivity contribution in [2.75, 3.05) is 26.1 Å². The Morgan fingerprint density at radius 3 is 2.63 bits per heavy atom. The lowest BCUT2D eigenvalue weighted by molar-refractivity contribution is -0.158. The van der Waals surface area contributed by atoms with E-state index in [2.05, 4.69) is 10.1 Å². The summed E-state index contributed by atoms with van der Waals surface area (Å²) in [5.74, 6) is -0.166. The van der Waals surface area contributed by atoms with Gasteiger partial charge < -0.3 is 19.9 Å². The van der Waals surface area contributed by atoms with E-state index in [9.17, 15) is 9.90 Å². The maximum Gasteiger partial charge on any atom is 0.339 e. The van der Waals surface area contributed by atoms with E-state index in [1.807, 2.05) is 6.92 Å². The molecule has 1 aromatic rings. The van der Waals surface area contributed by atoms with E-state index in [0.29, 0.717) is 16.5 Å². The Kier molecular flexibility index (Phi) is 5.03.